The van der Waals surface area contributed by atoms with E-state index in [1.165, 1.54) is 0 Å². The van der Waals surface area contributed by atoms with Crippen LogP contribution in [0.25, 0.3) is 11.2 Å². The third-order valence-corrected chi connectivity index (χ3v) is 6.13. The Morgan fingerprint density at radius 2 is 2.03 bits per heavy atom. The van der Waals surface area contributed by atoms with E-state index >= 15 is 0 Å². The van der Waals surface area contributed by atoms with Gasteiger partial charge in [0.25, 0.3) is 0 Å². The van der Waals surface area contributed by atoms with Crippen molar-refractivity contribution in [1.29, 1.82) is 0 Å². The molecule has 0 aliphatic heterocycles. The van der Waals surface area contributed by atoms with Gasteiger partial charge in [0, 0.05) is 31.2 Å². The van der Waals surface area contributed by atoms with Crippen molar-refractivity contribution in [3.05, 3.63) is 28.3 Å². The summed E-state index contributed by atoms with van der Waals surface area (Å²) in [4.78, 5) is 29.4. The Bertz CT molecular complexity index is 965. The maximum atomic E-state index is 12.8. The Kier molecular flexibility index (Phi) is 5.64. The number of aryl methyl sites for hydroxylation is 1. The van der Waals surface area contributed by atoms with Gasteiger partial charge in [-0.15, -0.1) is 0 Å². The van der Waals surface area contributed by atoms with Gasteiger partial charge in [0.15, 0.2) is 5.65 Å². The SMILES string of the molecule is Cn1c(=O)n(CC(C)(C)C)c2ccc(C3CCC(C)(C)C(NC(=O)CO)C3)nc21. The number of hydrogen-bond acceptors (Lipinski definition) is 4. The molecule has 0 radical (unpaired) electrons. The van der Waals surface area contributed by atoms with Crippen LogP contribution in [-0.2, 0) is 18.4 Å². The summed E-state index contributed by atoms with van der Waals surface area (Å²) < 4.78 is 3.43. The Hall–Kier alpha value is -2.15. The lowest BCUT2D eigenvalue weighted by Crippen LogP contribution is -2.49. The summed E-state index contributed by atoms with van der Waals surface area (Å²) in [5, 5.41) is 12.1. The number of carbonyl (C=O) groups is 1. The number of nitrogens with zero attached hydrogens (tertiary/aromatic N) is 3. The van der Waals surface area contributed by atoms with Crippen molar-refractivity contribution in [2.24, 2.45) is 17.9 Å². The highest BCUT2D eigenvalue weighted by Gasteiger charge is 2.38. The van der Waals surface area contributed by atoms with Crippen molar-refractivity contribution in [2.45, 2.75) is 72.4 Å². The molecule has 7 heteroatoms. The molecule has 1 amide bonds. The summed E-state index contributed by atoms with van der Waals surface area (Å²) >= 11 is 0. The molecule has 1 saturated carbocycles. The topological polar surface area (TPSA) is 89.2 Å². The van der Waals surface area contributed by atoms with Gasteiger partial charge in [0.05, 0.1) is 5.52 Å². The van der Waals surface area contributed by atoms with E-state index in [0.717, 1.165) is 30.5 Å². The smallest absolute Gasteiger partial charge is 0.330 e. The first-order chi connectivity index (χ1) is 13.4. The first-order valence-electron chi connectivity index (χ1n) is 10.4. The number of hydrogen-bond donors (Lipinski definition) is 2. The molecule has 1 aliphatic rings. The van der Waals surface area contributed by atoms with Crippen LogP contribution in [0.4, 0.5) is 0 Å². The molecule has 1 aliphatic carbocycles. The van der Waals surface area contributed by atoms with Crippen molar-refractivity contribution in [2.75, 3.05) is 6.61 Å². The minimum absolute atomic E-state index is 0.0101. The van der Waals surface area contributed by atoms with Crippen LogP contribution in [0.2, 0.25) is 0 Å². The maximum absolute atomic E-state index is 12.8. The molecular formula is C22H34N4O3. The van der Waals surface area contributed by atoms with Gasteiger partial charge in [-0.3, -0.25) is 13.9 Å². The molecule has 160 valence electrons. The zero-order chi connectivity index (χ0) is 21.6. The summed E-state index contributed by atoms with van der Waals surface area (Å²) in [7, 11) is 1.77. The van der Waals surface area contributed by atoms with E-state index in [0.29, 0.717) is 12.2 Å². The zero-order valence-electron chi connectivity index (χ0n) is 18.5. The molecule has 0 aromatic carbocycles. The Balaban J connectivity index is 1.93. The molecule has 2 atom stereocenters. The van der Waals surface area contributed by atoms with Crippen LogP contribution >= 0.6 is 0 Å². The second-order valence-corrected chi connectivity index (χ2v) is 10.3. The molecule has 2 N–H and O–H groups in total. The maximum Gasteiger partial charge on any atom is 0.330 e. The second kappa shape index (κ2) is 7.59. The predicted octanol–water partition coefficient (Wildman–Crippen LogP) is 2.55. The Labute approximate surface area is 172 Å². The summed E-state index contributed by atoms with van der Waals surface area (Å²) in [6.45, 7) is 10.8. The predicted molar refractivity (Wildman–Crippen MR) is 114 cm³/mol. The van der Waals surface area contributed by atoms with Crippen molar-refractivity contribution >= 4 is 17.1 Å². The van der Waals surface area contributed by atoms with E-state index in [4.69, 9.17) is 10.1 Å². The molecule has 2 unspecified atom stereocenters. The first-order valence-corrected chi connectivity index (χ1v) is 10.4. The van der Waals surface area contributed by atoms with E-state index in [-0.39, 0.29) is 34.4 Å². The Morgan fingerprint density at radius 3 is 2.66 bits per heavy atom. The molecule has 0 saturated heterocycles. The molecule has 2 aromatic rings. The number of carbonyl (C=O) groups excluding carboxylic acids is 1. The number of aliphatic hydroxyl groups is 1. The fourth-order valence-corrected chi connectivity index (χ4v) is 4.35. The van der Waals surface area contributed by atoms with Gasteiger partial charge in [-0.05, 0) is 42.2 Å². The summed E-state index contributed by atoms with van der Waals surface area (Å²) in [5.74, 6) is -0.133. The largest absolute Gasteiger partial charge is 0.387 e. The van der Waals surface area contributed by atoms with Gasteiger partial charge in [0.1, 0.15) is 6.61 Å². The summed E-state index contributed by atoms with van der Waals surface area (Å²) in [6.07, 6.45) is 2.71. The monoisotopic (exact) mass is 402 g/mol. The minimum Gasteiger partial charge on any atom is -0.387 e. The van der Waals surface area contributed by atoms with Gasteiger partial charge in [-0.25, -0.2) is 9.78 Å². The van der Waals surface area contributed by atoms with E-state index < -0.39 is 6.61 Å². The van der Waals surface area contributed by atoms with Gasteiger partial charge in [-0.1, -0.05) is 34.6 Å². The molecule has 29 heavy (non-hydrogen) atoms. The van der Waals surface area contributed by atoms with Crippen LogP contribution in [0.1, 0.15) is 65.5 Å². The molecule has 7 nitrogen and oxygen atoms in total. The van der Waals surface area contributed by atoms with Crippen LogP contribution in [0.15, 0.2) is 16.9 Å². The summed E-state index contributed by atoms with van der Waals surface area (Å²) in [5.41, 5.74) is 2.44. The van der Waals surface area contributed by atoms with Crippen molar-refractivity contribution in [1.82, 2.24) is 19.4 Å². The van der Waals surface area contributed by atoms with Gasteiger partial charge in [0.2, 0.25) is 5.91 Å². The lowest BCUT2D eigenvalue weighted by molar-refractivity contribution is -0.125. The zero-order valence-corrected chi connectivity index (χ0v) is 18.5. The fraction of sp³-hybridized carbons (Fsp3) is 0.682. The van der Waals surface area contributed by atoms with Crippen molar-refractivity contribution in [3.63, 3.8) is 0 Å². The minimum atomic E-state index is -0.495. The van der Waals surface area contributed by atoms with E-state index in [1.807, 2.05) is 12.1 Å². The first kappa shape index (κ1) is 21.6. The molecule has 3 rings (SSSR count). The number of aromatic nitrogens is 3. The van der Waals surface area contributed by atoms with Gasteiger partial charge in [-0.2, -0.15) is 0 Å². The number of fused-ring (bicyclic) bond motifs is 1. The lowest BCUT2D eigenvalue weighted by Gasteiger charge is -2.42. The standard InChI is InChI=1S/C22H34N4O3/c1-21(2,3)13-26-16-8-7-15(23-19(16)25(6)20(26)29)14-9-10-22(4,5)17(11-14)24-18(28)12-27/h7-8,14,17,27H,9-13H2,1-6H3,(H,24,28). The van der Waals surface area contributed by atoms with Crippen LogP contribution in [0.5, 0.6) is 0 Å². The average Bonchev–Trinajstić information content (AvgIpc) is 2.86. The Morgan fingerprint density at radius 1 is 1.34 bits per heavy atom. The van der Waals surface area contributed by atoms with Crippen LogP contribution in [0, 0.1) is 10.8 Å². The van der Waals surface area contributed by atoms with Crippen LogP contribution < -0.4 is 11.0 Å². The fourth-order valence-electron chi connectivity index (χ4n) is 4.35. The number of imidazole rings is 1. The number of rotatable bonds is 4. The molecule has 2 aromatic heterocycles. The van der Waals surface area contributed by atoms with Crippen molar-refractivity contribution in [3.8, 4) is 0 Å². The van der Waals surface area contributed by atoms with Crippen LogP contribution in [0.3, 0.4) is 0 Å². The number of nitrogens with one attached hydrogen (secondary N) is 1. The third-order valence-electron chi connectivity index (χ3n) is 6.13. The molecule has 0 spiro atoms. The van der Waals surface area contributed by atoms with Crippen molar-refractivity contribution < 1.29 is 9.90 Å². The number of amides is 1. The average molecular weight is 403 g/mol. The van der Waals surface area contributed by atoms with E-state index in [9.17, 15) is 9.59 Å². The quantitative estimate of drug-likeness (QED) is 0.823. The lowest BCUT2D eigenvalue weighted by atomic mass is 9.68. The molecule has 1 fully saturated rings. The second-order valence-electron chi connectivity index (χ2n) is 10.3. The van der Waals surface area contributed by atoms with Crippen LogP contribution in [-0.4, -0.2) is 37.8 Å². The van der Waals surface area contributed by atoms with E-state index in [2.05, 4.69) is 39.9 Å². The summed E-state index contributed by atoms with van der Waals surface area (Å²) in [6, 6.07) is 4.01. The highest BCUT2D eigenvalue weighted by atomic mass is 16.3. The highest BCUT2D eigenvalue weighted by molar-refractivity contribution is 5.77. The molecule has 0 bridgehead atoms. The number of pyridine rings is 1. The van der Waals surface area contributed by atoms with Gasteiger partial charge < -0.3 is 10.4 Å². The molecular weight excluding hydrogens is 368 g/mol. The normalized spacial score (nSPS) is 22.0. The van der Waals surface area contributed by atoms with Gasteiger partial charge >= 0.3 is 5.69 Å². The van der Waals surface area contributed by atoms with E-state index in [1.54, 1.807) is 16.2 Å². The third kappa shape index (κ3) is 4.39. The number of aliphatic hydroxyl groups excluding tert-OH is 1. The highest BCUT2D eigenvalue weighted by Crippen LogP contribution is 2.42. The molecule has 2 heterocycles.